The molecule has 1 aromatic heterocycles. The molecule has 8 rings (SSSR count). The third-order valence-electron chi connectivity index (χ3n) is 8.77. The van der Waals surface area contributed by atoms with Gasteiger partial charge in [-0.1, -0.05) is 134 Å². The minimum absolute atomic E-state index is 0.899. The number of allylic oxidation sites excluding steroid dienone is 2. The van der Waals surface area contributed by atoms with Gasteiger partial charge in [-0.25, -0.2) is 0 Å². The number of rotatable bonds is 5. The topological polar surface area (TPSA) is 13.1 Å². The maximum Gasteiger partial charge on any atom is 0.136 e. The Balaban J connectivity index is 1.35. The maximum atomic E-state index is 6.35. The fourth-order valence-electron chi connectivity index (χ4n) is 6.66. The van der Waals surface area contributed by atoms with Gasteiger partial charge in [-0.3, -0.25) is 0 Å². The van der Waals surface area contributed by atoms with Gasteiger partial charge in [0.1, 0.15) is 11.2 Å². The van der Waals surface area contributed by atoms with Crippen LogP contribution in [-0.4, -0.2) is 0 Å². The molecule has 0 fully saturated rings. The summed E-state index contributed by atoms with van der Waals surface area (Å²) in [5.74, 6) is 0. The lowest BCUT2D eigenvalue weighted by Gasteiger charge is -2.18. The van der Waals surface area contributed by atoms with Gasteiger partial charge in [0.05, 0.1) is 0 Å². The van der Waals surface area contributed by atoms with Crippen molar-refractivity contribution in [3.63, 3.8) is 0 Å². The van der Waals surface area contributed by atoms with Crippen LogP contribution in [0, 0.1) is 6.92 Å². The van der Waals surface area contributed by atoms with Crippen LogP contribution in [0.15, 0.2) is 157 Å². The van der Waals surface area contributed by atoms with E-state index in [1.807, 2.05) is 6.08 Å². The van der Waals surface area contributed by atoms with Crippen molar-refractivity contribution in [1.82, 2.24) is 0 Å². The first-order chi connectivity index (χ1) is 21.7. The van der Waals surface area contributed by atoms with Gasteiger partial charge in [0.15, 0.2) is 0 Å². The average molecular weight is 563 g/mol. The summed E-state index contributed by atoms with van der Waals surface area (Å²) in [6.07, 6.45) is 5.84. The molecule has 0 saturated heterocycles. The molecule has 0 saturated carbocycles. The van der Waals surface area contributed by atoms with Crippen LogP contribution in [0.2, 0.25) is 0 Å². The van der Waals surface area contributed by atoms with Crippen molar-refractivity contribution in [2.24, 2.45) is 0 Å². The van der Waals surface area contributed by atoms with E-state index >= 15 is 0 Å². The maximum absolute atomic E-state index is 6.35. The number of benzene rings is 7. The van der Waals surface area contributed by atoms with Crippen LogP contribution in [-0.2, 0) is 0 Å². The Morgan fingerprint density at radius 2 is 1.00 bits per heavy atom. The van der Waals surface area contributed by atoms with Crippen molar-refractivity contribution in [2.45, 2.75) is 6.92 Å². The van der Waals surface area contributed by atoms with Crippen LogP contribution in [0.3, 0.4) is 0 Å². The molecule has 1 heterocycles. The van der Waals surface area contributed by atoms with E-state index in [-0.39, 0.29) is 0 Å². The van der Waals surface area contributed by atoms with E-state index in [0.29, 0.717) is 0 Å². The Labute approximate surface area is 257 Å². The largest absolute Gasteiger partial charge is 0.456 e. The first-order valence-corrected chi connectivity index (χ1v) is 15.1. The van der Waals surface area contributed by atoms with E-state index in [1.165, 1.54) is 60.5 Å². The van der Waals surface area contributed by atoms with Crippen molar-refractivity contribution in [2.75, 3.05) is 0 Å². The van der Waals surface area contributed by atoms with Gasteiger partial charge in [0.25, 0.3) is 0 Å². The first kappa shape index (κ1) is 26.0. The van der Waals surface area contributed by atoms with Gasteiger partial charge in [-0.15, -0.1) is 0 Å². The summed E-state index contributed by atoms with van der Waals surface area (Å²) in [5, 5.41) is 7.26. The minimum atomic E-state index is 0.899. The Hall–Kier alpha value is -5.66. The molecule has 0 amide bonds. The summed E-state index contributed by atoms with van der Waals surface area (Å²) in [6.45, 7) is 5.96. The second kappa shape index (κ2) is 10.6. The van der Waals surface area contributed by atoms with Crippen molar-refractivity contribution < 1.29 is 4.42 Å². The predicted octanol–water partition coefficient (Wildman–Crippen LogP) is 12.4. The molecule has 0 unspecified atom stereocenters. The molecule has 1 nitrogen and oxygen atoms in total. The van der Waals surface area contributed by atoms with Crippen LogP contribution in [0.4, 0.5) is 0 Å². The molecule has 208 valence electrons. The monoisotopic (exact) mass is 562 g/mol. The molecule has 8 aromatic rings. The van der Waals surface area contributed by atoms with E-state index in [0.717, 1.165) is 27.5 Å². The zero-order chi connectivity index (χ0) is 29.6. The molecule has 0 aliphatic rings. The van der Waals surface area contributed by atoms with Crippen molar-refractivity contribution >= 4 is 49.6 Å². The standard InChI is InChI=1S/C43H30O/c1-3-4-12-32-27-41-38(25-28(32)2)39-26-33(23-24-40(39)44-41)43-36-17-10-8-15-34(36)42(35-16-9-11-18-37(35)43)31-21-19-30(20-22-31)29-13-6-5-7-14-29/h3-27H,1H2,2H3/b12-4-. The van der Waals surface area contributed by atoms with E-state index in [9.17, 15) is 0 Å². The molecule has 0 spiro atoms. The van der Waals surface area contributed by atoms with Gasteiger partial charge < -0.3 is 4.42 Å². The number of hydrogen-bond donors (Lipinski definition) is 0. The highest BCUT2D eigenvalue weighted by molar-refractivity contribution is 6.22. The van der Waals surface area contributed by atoms with E-state index in [2.05, 4.69) is 153 Å². The normalized spacial score (nSPS) is 11.8. The number of aryl methyl sites for hydroxylation is 1. The summed E-state index contributed by atoms with van der Waals surface area (Å²) in [6, 6.07) is 48.2. The molecular formula is C43H30O. The number of fused-ring (bicyclic) bond motifs is 5. The molecule has 1 heteroatoms. The molecule has 0 N–H and O–H groups in total. The molecule has 7 aromatic carbocycles. The number of hydrogen-bond acceptors (Lipinski definition) is 1. The molecule has 0 radical (unpaired) electrons. The van der Waals surface area contributed by atoms with Crippen LogP contribution in [0.1, 0.15) is 11.1 Å². The van der Waals surface area contributed by atoms with Gasteiger partial charge in [0.2, 0.25) is 0 Å². The third-order valence-corrected chi connectivity index (χ3v) is 8.77. The Morgan fingerprint density at radius 1 is 0.477 bits per heavy atom. The Bertz CT molecular complexity index is 2330. The molecule has 44 heavy (non-hydrogen) atoms. The third kappa shape index (κ3) is 4.25. The zero-order valence-corrected chi connectivity index (χ0v) is 24.5. The highest BCUT2D eigenvalue weighted by Gasteiger charge is 2.18. The zero-order valence-electron chi connectivity index (χ0n) is 24.5. The second-order valence-electron chi connectivity index (χ2n) is 11.4. The molecule has 0 aliphatic carbocycles. The van der Waals surface area contributed by atoms with E-state index in [4.69, 9.17) is 4.42 Å². The van der Waals surface area contributed by atoms with Crippen molar-refractivity contribution in [3.8, 4) is 33.4 Å². The fraction of sp³-hybridized carbons (Fsp3) is 0.0233. The Kier molecular flexibility index (Phi) is 6.24. The smallest absolute Gasteiger partial charge is 0.136 e. The predicted molar refractivity (Wildman–Crippen MR) is 189 cm³/mol. The van der Waals surface area contributed by atoms with Crippen LogP contribution >= 0.6 is 0 Å². The number of furan rings is 1. The van der Waals surface area contributed by atoms with Gasteiger partial charge in [0, 0.05) is 10.8 Å². The quantitative estimate of drug-likeness (QED) is 0.150. The van der Waals surface area contributed by atoms with E-state index in [1.54, 1.807) is 6.08 Å². The molecule has 0 atom stereocenters. The lowest BCUT2D eigenvalue weighted by Crippen LogP contribution is -1.91. The lowest BCUT2D eigenvalue weighted by molar-refractivity contribution is 0.669. The SMILES string of the molecule is C=C/C=C\c1cc2oc3ccc(-c4c5ccccc5c(-c5ccc(-c6ccccc6)cc5)c5ccccc45)cc3c2cc1C. The summed E-state index contributed by atoms with van der Waals surface area (Å²) in [4.78, 5) is 0. The van der Waals surface area contributed by atoms with Gasteiger partial charge >= 0.3 is 0 Å². The Morgan fingerprint density at radius 3 is 1.64 bits per heavy atom. The van der Waals surface area contributed by atoms with Crippen LogP contribution in [0.25, 0.3) is 82.9 Å². The minimum Gasteiger partial charge on any atom is -0.456 e. The van der Waals surface area contributed by atoms with E-state index < -0.39 is 0 Å². The van der Waals surface area contributed by atoms with Crippen molar-refractivity contribution in [3.05, 3.63) is 163 Å². The van der Waals surface area contributed by atoms with Gasteiger partial charge in [-0.2, -0.15) is 0 Å². The van der Waals surface area contributed by atoms with Gasteiger partial charge in [-0.05, 0) is 97.2 Å². The first-order valence-electron chi connectivity index (χ1n) is 15.1. The fourth-order valence-corrected chi connectivity index (χ4v) is 6.66. The lowest BCUT2D eigenvalue weighted by atomic mass is 9.85. The van der Waals surface area contributed by atoms with Crippen LogP contribution < -0.4 is 0 Å². The average Bonchev–Trinajstić information content (AvgIpc) is 3.43. The summed E-state index contributed by atoms with van der Waals surface area (Å²) >= 11 is 0. The van der Waals surface area contributed by atoms with Crippen LogP contribution in [0.5, 0.6) is 0 Å². The summed E-state index contributed by atoms with van der Waals surface area (Å²) in [5.41, 5.74) is 11.5. The van der Waals surface area contributed by atoms with Crippen molar-refractivity contribution in [1.29, 1.82) is 0 Å². The molecule has 0 aliphatic heterocycles. The second-order valence-corrected chi connectivity index (χ2v) is 11.4. The molecule has 0 bridgehead atoms. The highest BCUT2D eigenvalue weighted by atomic mass is 16.3. The molecular weight excluding hydrogens is 532 g/mol. The summed E-state index contributed by atoms with van der Waals surface area (Å²) in [7, 11) is 0. The summed E-state index contributed by atoms with van der Waals surface area (Å²) < 4.78 is 6.35. The highest BCUT2D eigenvalue weighted by Crippen LogP contribution is 2.45.